The van der Waals surface area contributed by atoms with Gasteiger partial charge in [-0.1, -0.05) is 36.8 Å². The maximum atomic E-state index is 12.9. The highest BCUT2D eigenvalue weighted by molar-refractivity contribution is 5.92. The van der Waals surface area contributed by atoms with Crippen LogP contribution in [0, 0.1) is 6.92 Å². The van der Waals surface area contributed by atoms with Gasteiger partial charge in [-0.15, -0.1) is 0 Å². The molecule has 1 aliphatic heterocycles. The smallest absolute Gasteiger partial charge is 0.274 e. The molecular weight excluding hydrogens is 302 g/mol. The lowest BCUT2D eigenvalue weighted by molar-refractivity contribution is 0.0726. The fraction of sp³-hybridized carbons (Fsp3) is 0.421. The first kappa shape index (κ1) is 16.4. The molecular formula is C19H23N3O2. The Kier molecular flexibility index (Phi) is 4.79. The first-order valence-corrected chi connectivity index (χ1v) is 8.56. The van der Waals surface area contributed by atoms with Crippen LogP contribution < -0.4 is 5.56 Å². The monoisotopic (exact) mass is 325 g/mol. The molecule has 3 rings (SSSR count). The van der Waals surface area contributed by atoms with E-state index in [0.717, 1.165) is 31.4 Å². The van der Waals surface area contributed by atoms with E-state index < -0.39 is 0 Å². The van der Waals surface area contributed by atoms with Gasteiger partial charge in [0.05, 0.1) is 6.04 Å². The van der Waals surface area contributed by atoms with Crippen LogP contribution in [-0.2, 0) is 6.54 Å². The van der Waals surface area contributed by atoms with Crippen molar-refractivity contribution in [2.45, 2.75) is 45.7 Å². The van der Waals surface area contributed by atoms with Gasteiger partial charge in [0, 0.05) is 19.2 Å². The number of likely N-dealkylation sites (tertiary alicyclic amines) is 1. The van der Waals surface area contributed by atoms with Crippen molar-refractivity contribution in [1.29, 1.82) is 0 Å². The summed E-state index contributed by atoms with van der Waals surface area (Å²) < 4.78 is 1.38. The fourth-order valence-corrected chi connectivity index (χ4v) is 3.23. The van der Waals surface area contributed by atoms with E-state index in [4.69, 9.17) is 0 Å². The average molecular weight is 325 g/mol. The SMILES string of the molecule is CCCn1nc(C(=O)N2CCC[C@H]2c2ccc(C)cc2)ccc1=O. The first-order valence-electron chi connectivity index (χ1n) is 8.56. The molecule has 0 aliphatic carbocycles. The molecule has 24 heavy (non-hydrogen) atoms. The van der Waals surface area contributed by atoms with Gasteiger partial charge in [0.15, 0.2) is 0 Å². The van der Waals surface area contributed by atoms with Crippen molar-refractivity contribution in [3.8, 4) is 0 Å². The van der Waals surface area contributed by atoms with E-state index in [9.17, 15) is 9.59 Å². The molecule has 1 amide bonds. The van der Waals surface area contributed by atoms with Crippen LogP contribution >= 0.6 is 0 Å². The van der Waals surface area contributed by atoms with Gasteiger partial charge in [-0.2, -0.15) is 5.10 Å². The number of benzene rings is 1. The first-order chi connectivity index (χ1) is 11.6. The van der Waals surface area contributed by atoms with E-state index in [0.29, 0.717) is 12.2 Å². The van der Waals surface area contributed by atoms with Gasteiger partial charge in [-0.05, 0) is 37.8 Å². The Morgan fingerprint density at radius 1 is 1.21 bits per heavy atom. The Bertz CT molecular complexity index is 780. The van der Waals surface area contributed by atoms with Crippen LogP contribution in [0.3, 0.4) is 0 Å². The molecule has 0 unspecified atom stereocenters. The molecule has 1 aliphatic rings. The molecule has 1 fully saturated rings. The number of amides is 1. The van der Waals surface area contributed by atoms with Gasteiger partial charge in [0.25, 0.3) is 11.5 Å². The van der Waals surface area contributed by atoms with Gasteiger partial charge in [0.1, 0.15) is 5.69 Å². The number of nitrogens with zero attached hydrogens (tertiary/aromatic N) is 3. The summed E-state index contributed by atoms with van der Waals surface area (Å²) in [6, 6.07) is 11.4. The number of rotatable bonds is 4. The predicted octanol–water partition coefficient (Wildman–Crippen LogP) is 2.94. The van der Waals surface area contributed by atoms with Crippen molar-refractivity contribution in [3.05, 3.63) is 63.6 Å². The summed E-state index contributed by atoms with van der Waals surface area (Å²) in [6.07, 6.45) is 2.75. The van der Waals surface area contributed by atoms with Gasteiger partial charge in [0.2, 0.25) is 0 Å². The summed E-state index contributed by atoms with van der Waals surface area (Å²) in [5.74, 6) is -0.0945. The second kappa shape index (κ2) is 6.99. The molecule has 0 radical (unpaired) electrons. The van der Waals surface area contributed by atoms with Crippen molar-refractivity contribution in [2.75, 3.05) is 6.54 Å². The molecule has 2 heterocycles. The van der Waals surface area contributed by atoms with Crippen molar-refractivity contribution in [2.24, 2.45) is 0 Å². The van der Waals surface area contributed by atoms with Gasteiger partial charge in [-0.25, -0.2) is 4.68 Å². The average Bonchev–Trinajstić information content (AvgIpc) is 3.07. The van der Waals surface area contributed by atoms with Crippen LogP contribution in [-0.4, -0.2) is 27.1 Å². The largest absolute Gasteiger partial charge is 0.330 e. The lowest BCUT2D eigenvalue weighted by Crippen LogP contribution is -2.33. The molecule has 1 aromatic heterocycles. The highest BCUT2D eigenvalue weighted by Gasteiger charge is 2.31. The third kappa shape index (κ3) is 3.25. The Morgan fingerprint density at radius 3 is 2.67 bits per heavy atom. The maximum Gasteiger partial charge on any atom is 0.274 e. The second-order valence-electron chi connectivity index (χ2n) is 6.35. The number of aromatic nitrogens is 2. The number of hydrogen-bond donors (Lipinski definition) is 0. The highest BCUT2D eigenvalue weighted by atomic mass is 16.2. The summed E-state index contributed by atoms with van der Waals surface area (Å²) >= 11 is 0. The molecule has 2 aromatic rings. The summed E-state index contributed by atoms with van der Waals surface area (Å²) in [5.41, 5.74) is 2.56. The highest BCUT2D eigenvalue weighted by Crippen LogP contribution is 2.32. The molecule has 1 saturated heterocycles. The van der Waals surface area contributed by atoms with E-state index in [2.05, 4.69) is 36.3 Å². The van der Waals surface area contributed by atoms with E-state index in [1.165, 1.54) is 16.3 Å². The topological polar surface area (TPSA) is 55.2 Å². The molecule has 0 spiro atoms. The second-order valence-corrected chi connectivity index (χ2v) is 6.35. The zero-order valence-electron chi connectivity index (χ0n) is 14.2. The lowest BCUT2D eigenvalue weighted by atomic mass is 10.0. The third-order valence-electron chi connectivity index (χ3n) is 4.50. The molecule has 1 aromatic carbocycles. The minimum Gasteiger partial charge on any atom is -0.330 e. The lowest BCUT2D eigenvalue weighted by Gasteiger charge is -2.25. The van der Waals surface area contributed by atoms with E-state index in [1.807, 2.05) is 11.8 Å². The van der Waals surface area contributed by atoms with Gasteiger partial charge >= 0.3 is 0 Å². The molecule has 5 nitrogen and oxygen atoms in total. The van der Waals surface area contributed by atoms with Crippen LogP contribution in [0.1, 0.15) is 53.8 Å². The zero-order chi connectivity index (χ0) is 17.1. The van der Waals surface area contributed by atoms with Crippen molar-refractivity contribution >= 4 is 5.91 Å². The molecule has 1 atom stereocenters. The molecule has 5 heteroatoms. The molecule has 126 valence electrons. The minimum atomic E-state index is -0.162. The van der Waals surface area contributed by atoms with Gasteiger partial charge in [-0.3, -0.25) is 9.59 Å². The number of aryl methyl sites for hydroxylation is 2. The Morgan fingerprint density at radius 2 is 1.96 bits per heavy atom. The van der Waals surface area contributed by atoms with Crippen molar-refractivity contribution in [3.63, 3.8) is 0 Å². The van der Waals surface area contributed by atoms with Crippen LogP contribution in [0.15, 0.2) is 41.2 Å². The Hall–Kier alpha value is -2.43. The molecule has 0 N–H and O–H groups in total. The third-order valence-corrected chi connectivity index (χ3v) is 4.50. The zero-order valence-corrected chi connectivity index (χ0v) is 14.2. The normalized spacial score (nSPS) is 17.2. The maximum absolute atomic E-state index is 12.9. The summed E-state index contributed by atoms with van der Waals surface area (Å²) in [5, 5.41) is 4.26. The van der Waals surface area contributed by atoms with Crippen LogP contribution in [0.5, 0.6) is 0 Å². The summed E-state index contributed by atoms with van der Waals surface area (Å²) in [6.45, 7) is 5.30. The summed E-state index contributed by atoms with van der Waals surface area (Å²) in [7, 11) is 0. The summed E-state index contributed by atoms with van der Waals surface area (Å²) in [4.78, 5) is 26.6. The van der Waals surface area contributed by atoms with Crippen LogP contribution in [0.4, 0.5) is 0 Å². The van der Waals surface area contributed by atoms with Gasteiger partial charge < -0.3 is 4.90 Å². The number of carbonyl (C=O) groups is 1. The van der Waals surface area contributed by atoms with Crippen LogP contribution in [0.25, 0.3) is 0 Å². The fourth-order valence-electron chi connectivity index (χ4n) is 3.23. The number of hydrogen-bond acceptors (Lipinski definition) is 3. The van der Waals surface area contributed by atoms with E-state index in [-0.39, 0.29) is 17.5 Å². The van der Waals surface area contributed by atoms with E-state index in [1.54, 1.807) is 6.07 Å². The van der Waals surface area contributed by atoms with Crippen molar-refractivity contribution < 1.29 is 4.79 Å². The standard InChI is InChI=1S/C19H23N3O2/c1-3-12-22-18(23)11-10-16(20-22)19(24)21-13-4-5-17(21)15-8-6-14(2)7-9-15/h6-11,17H,3-5,12-13H2,1-2H3/t17-/m0/s1. The predicted molar refractivity (Wildman–Crippen MR) is 93.0 cm³/mol. The van der Waals surface area contributed by atoms with Crippen LogP contribution in [0.2, 0.25) is 0 Å². The van der Waals surface area contributed by atoms with Crippen molar-refractivity contribution in [1.82, 2.24) is 14.7 Å². The minimum absolute atomic E-state index is 0.0893. The number of carbonyl (C=O) groups excluding carboxylic acids is 1. The quantitative estimate of drug-likeness (QED) is 0.868. The molecule has 0 saturated carbocycles. The molecule has 0 bridgehead atoms. The van der Waals surface area contributed by atoms with E-state index >= 15 is 0 Å². The Balaban J connectivity index is 1.87. The Labute approximate surface area is 141 Å².